The number of rotatable bonds is 8. The lowest BCUT2D eigenvalue weighted by atomic mass is 10.1. The third-order valence-electron chi connectivity index (χ3n) is 3.59. The van der Waals surface area contributed by atoms with E-state index in [2.05, 4.69) is 41.5 Å². The number of nitrogens with zero attached hydrogens (tertiary/aromatic N) is 2. The zero-order valence-electron chi connectivity index (χ0n) is 12.5. The minimum Gasteiger partial charge on any atom is -0.354 e. The highest BCUT2D eigenvalue weighted by atomic mass is 16.1. The second-order valence-corrected chi connectivity index (χ2v) is 5.36. The van der Waals surface area contributed by atoms with E-state index in [1.807, 2.05) is 16.8 Å². The van der Waals surface area contributed by atoms with Crippen molar-refractivity contribution in [1.29, 1.82) is 0 Å². The van der Waals surface area contributed by atoms with Crippen LogP contribution in [-0.2, 0) is 11.2 Å². The lowest BCUT2D eigenvalue weighted by molar-refractivity contribution is -0.121. The summed E-state index contributed by atoms with van der Waals surface area (Å²) in [5.41, 5.74) is 1.34. The first-order valence-electron chi connectivity index (χ1n) is 7.54. The number of imidazole rings is 1. The van der Waals surface area contributed by atoms with Crippen molar-refractivity contribution in [3.05, 3.63) is 54.6 Å². The Hall–Kier alpha value is -2.10. The third-order valence-corrected chi connectivity index (χ3v) is 3.59. The van der Waals surface area contributed by atoms with Crippen molar-refractivity contribution in [1.82, 2.24) is 14.9 Å². The molecule has 112 valence electrons. The van der Waals surface area contributed by atoms with Crippen molar-refractivity contribution in [3.8, 4) is 0 Å². The first-order valence-corrected chi connectivity index (χ1v) is 7.54. The van der Waals surface area contributed by atoms with Gasteiger partial charge >= 0.3 is 0 Å². The number of aromatic nitrogens is 2. The van der Waals surface area contributed by atoms with E-state index in [1.165, 1.54) is 5.56 Å². The number of benzene rings is 1. The molecule has 21 heavy (non-hydrogen) atoms. The molecule has 0 unspecified atom stereocenters. The molecule has 0 saturated carbocycles. The number of amides is 1. The van der Waals surface area contributed by atoms with Crippen molar-refractivity contribution < 1.29 is 4.79 Å². The van der Waals surface area contributed by atoms with E-state index in [4.69, 9.17) is 0 Å². The van der Waals surface area contributed by atoms with E-state index in [-0.39, 0.29) is 11.9 Å². The second-order valence-electron chi connectivity index (χ2n) is 5.36. The van der Waals surface area contributed by atoms with Gasteiger partial charge in [-0.25, -0.2) is 4.98 Å². The second kappa shape index (κ2) is 8.25. The number of hydrogen-bond donors (Lipinski definition) is 1. The number of aryl methyl sites for hydroxylation is 1. The van der Waals surface area contributed by atoms with Crippen LogP contribution in [0.25, 0.3) is 0 Å². The zero-order valence-corrected chi connectivity index (χ0v) is 12.5. The molecule has 0 aliphatic rings. The number of carbonyl (C=O) groups is 1. The summed E-state index contributed by atoms with van der Waals surface area (Å²) >= 11 is 0. The molecule has 1 aromatic carbocycles. The van der Waals surface area contributed by atoms with Crippen molar-refractivity contribution in [3.63, 3.8) is 0 Å². The van der Waals surface area contributed by atoms with Crippen molar-refractivity contribution in [2.24, 2.45) is 0 Å². The fourth-order valence-corrected chi connectivity index (χ4v) is 2.24. The van der Waals surface area contributed by atoms with Gasteiger partial charge in [0.2, 0.25) is 5.91 Å². The van der Waals surface area contributed by atoms with Crippen LogP contribution < -0.4 is 5.32 Å². The van der Waals surface area contributed by atoms with Gasteiger partial charge in [-0.1, -0.05) is 30.3 Å². The first-order chi connectivity index (χ1) is 10.3. The monoisotopic (exact) mass is 285 g/mol. The van der Waals surface area contributed by atoms with Crippen LogP contribution in [0.2, 0.25) is 0 Å². The van der Waals surface area contributed by atoms with E-state index in [1.54, 1.807) is 12.5 Å². The van der Waals surface area contributed by atoms with Gasteiger partial charge in [-0.3, -0.25) is 4.79 Å². The Balaban J connectivity index is 1.57. The summed E-state index contributed by atoms with van der Waals surface area (Å²) in [6, 6.07) is 10.6. The molecule has 1 aromatic heterocycles. The molecule has 0 radical (unpaired) electrons. The summed E-state index contributed by atoms with van der Waals surface area (Å²) in [7, 11) is 0. The Kier molecular flexibility index (Phi) is 6.00. The minimum absolute atomic E-state index is 0.134. The Morgan fingerprint density at radius 1 is 1.29 bits per heavy atom. The molecule has 1 N–H and O–H groups in total. The lowest BCUT2D eigenvalue weighted by Crippen LogP contribution is -2.29. The highest BCUT2D eigenvalue weighted by molar-refractivity contribution is 5.75. The highest BCUT2D eigenvalue weighted by Crippen LogP contribution is 2.07. The van der Waals surface area contributed by atoms with Gasteiger partial charge in [-0.15, -0.1) is 0 Å². The molecule has 2 aromatic rings. The van der Waals surface area contributed by atoms with Crippen LogP contribution in [0, 0.1) is 0 Å². The summed E-state index contributed by atoms with van der Waals surface area (Å²) < 4.78 is 2.00. The average Bonchev–Trinajstić information content (AvgIpc) is 3.05. The van der Waals surface area contributed by atoms with Gasteiger partial charge in [-0.05, 0) is 31.7 Å². The Morgan fingerprint density at radius 3 is 2.81 bits per heavy atom. The van der Waals surface area contributed by atoms with Crippen LogP contribution in [0.3, 0.4) is 0 Å². The van der Waals surface area contributed by atoms with Gasteiger partial charge in [0.1, 0.15) is 0 Å². The topological polar surface area (TPSA) is 46.9 Å². The number of carbonyl (C=O) groups excluding carboxylic acids is 1. The predicted octanol–water partition coefficient (Wildman–Crippen LogP) is 2.97. The molecule has 4 heteroatoms. The van der Waals surface area contributed by atoms with Gasteiger partial charge < -0.3 is 9.88 Å². The Bertz CT molecular complexity index is 522. The third kappa shape index (κ3) is 5.42. The standard InChI is InChI=1S/C17H23N3O/c1-15(20-12-11-18-14-20)13-19-17(21)10-6-5-9-16-7-3-2-4-8-16/h2-4,7-8,11-12,14-15H,5-6,9-10,13H2,1H3,(H,19,21)/t15-/m1/s1. The summed E-state index contributed by atoms with van der Waals surface area (Å²) in [5.74, 6) is 0.134. The van der Waals surface area contributed by atoms with Crippen LogP contribution in [0.4, 0.5) is 0 Å². The SMILES string of the molecule is C[C@H](CNC(=O)CCCCc1ccccc1)n1ccnc1. The molecule has 0 fully saturated rings. The van der Waals surface area contributed by atoms with E-state index in [9.17, 15) is 4.79 Å². The van der Waals surface area contributed by atoms with Crippen molar-refractivity contribution in [2.45, 2.75) is 38.6 Å². The van der Waals surface area contributed by atoms with Gasteiger partial charge in [0.25, 0.3) is 0 Å². The van der Waals surface area contributed by atoms with Gasteiger partial charge in [-0.2, -0.15) is 0 Å². The number of nitrogens with one attached hydrogen (secondary N) is 1. The molecular weight excluding hydrogens is 262 g/mol. The highest BCUT2D eigenvalue weighted by Gasteiger charge is 2.06. The molecule has 0 saturated heterocycles. The van der Waals surface area contributed by atoms with Crippen LogP contribution in [-0.4, -0.2) is 22.0 Å². The molecule has 0 bridgehead atoms. The van der Waals surface area contributed by atoms with Gasteiger partial charge in [0.05, 0.1) is 6.33 Å². The normalized spacial score (nSPS) is 12.0. The average molecular weight is 285 g/mol. The maximum absolute atomic E-state index is 11.8. The fraction of sp³-hybridized carbons (Fsp3) is 0.412. The molecule has 0 aliphatic heterocycles. The molecule has 0 aliphatic carbocycles. The summed E-state index contributed by atoms with van der Waals surface area (Å²) in [6.45, 7) is 2.71. The zero-order chi connectivity index (χ0) is 14.9. The maximum atomic E-state index is 11.8. The fourth-order valence-electron chi connectivity index (χ4n) is 2.24. The Labute approximate surface area is 126 Å². The largest absolute Gasteiger partial charge is 0.354 e. The van der Waals surface area contributed by atoms with E-state index in [0.717, 1.165) is 19.3 Å². The summed E-state index contributed by atoms with van der Waals surface area (Å²) in [4.78, 5) is 15.8. The van der Waals surface area contributed by atoms with Crippen molar-refractivity contribution in [2.75, 3.05) is 6.54 Å². The molecule has 4 nitrogen and oxygen atoms in total. The summed E-state index contributed by atoms with van der Waals surface area (Å²) in [5, 5.41) is 2.98. The molecule has 2 rings (SSSR count). The van der Waals surface area contributed by atoms with Crippen LogP contribution in [0.1, 0.15) is 37.8 Å². The predicted molar refractivity (Wildman–Crippen MR) is 83.9 cm³/mol. The van der Waals surface area contributed by atoms with Gasteiger partial charge in [0, 0.05) is 31.4 Å². The van der Waals surface area contributed by atoms with E-state index >= 15 is 0 Å². The van der Waals surface area contributed by atoms with Crippen LogP contribution >= 0.6 is 0 Å². The van der Waals surface area contributed by atoms with Crippen molar-refractivity contribution >= 4 is 5.91 Å². The molecule has 1 amide bonds. The smallest absolute Gasteiger partial charge is 0.220 e. The first kappa shape index (κ1) is 15.3. The number of hydrogen-bond acceptors (Lipinski definition) is 2. The Morgan fingerprint density at radius 2 is 2.10 bits per heavy atom. The van der Waals surface area contributed by atoms with E-state index < -0.39 is 0 Å². The van der Waals surface area contributed by atoms with Crippen LogP contribution in [0.5, 0.6) is 0 Å². The molecule has 1 heterocycles. The molecular formula is C17H23N3O. The summed E-state index contributed by atoms with van der Waals surface area (Å²) in [6.07, 6.45) is 9.06. The number of unbranched alkanes of at least 4 members (excludes halogenated alkanes) is 1. The van der Waals surface area contributed by atoms with Crippen LogP contribution in [0.15, 0.2) is 49.1 Å². The molecule has 1 atom stereocenters. The lowest BCUT2D eigenvalue weighted by Gasteiger charge is -2.13. The van der Waals surface area contributed by atoms with E-state index in [0.29, 0.717) is 13.0 Å². The quantitative estimate of drug-likeness (QED) is 0.758. The maximum Gasteiger partial charge on any atom is 0.220 e. The molecule has 0 spiro atoms. The minimum atomic E-state index is 0.134. The van der Waals surface area contributed by atoms with Gasteiger partial charge in [0.15, 0.2) is 0 Å².